The van der Waals surface area contributed by atoms with Crippen LogP contribution in [0, 0.1) is 96.9 Å². The van der Waals surface area contributed by atoms with Crippen molar-refractivity contribution in [1.29, 1.82) is 0 Å². The lowest BCUT2D eigenvalue weighted by atomic mass is 9.70. The summed E-state index contributed by atoms with van der Waals surface area (Å²) in [5, 5.41) is 0. The lowest BCUT2D eigenvalue weighted by Gasteiger charge is -2.35. The highest BCUT2D eigenvalue weighted by molar-refractivity contribution is 7.16. The van der Waals surface area contributed by atoms with E-state index in [0.717, 1.165) is 22.1 Å². The fourth-order valence-corrected chi connectivity index (χ4v) is 24.8. The first-order valence-electron chi connectivity index (χ1n) is 54.4. The summed E-state index contributed by atoms with van der Waals surface area (Å²) < 4.78 is 17.6. The molecule has 0 fully saturated rings. The molecule has 1 atom stereocenters. The van der Waals surface area contributed by atoms with Crippen LogP contribution in [-0.4, -0.2) is 17.5 Å². The lowest BCUT2D eigenvalue weighted by molar-refractivity contribution is 0.398. The van der Waals surface area contributed by atoms with Crippen LogP contribution in [0.1, 0.15) is 312 Å². The van der Waals surface area contributed by atoms with Crippen LogP contribution in [-0.2, 0) is 10.8 Å². The zero-order valence-corrected chi connectivity index (χ0v) is 93.8. The third kappa shape index (κ3) is 25.9. The van der Waals surface area contributed by atoms with Crippen LogP contribution >= 0.6 is 46.1 Å². The number of aryl methyl sites for hydroxylation is 14. The maximum atomic E-state index is 4.59. The second-order valence-corrected chi connectivity index (χ2v) is 45.4. The summed E-state index contributed by atoms with van der Waals surface area (Å²) in [5.41, 5.74) is 46.6. The van der Waals surface area contributed by atoms with Gasteiger partial charge in [0.25, 0.3) is 0 Å². The SMILES string of the molecule is CCC(C)c1ccc(N(c2ccc(C)cc2)c2ccc(C)cc2)cc1.CCCCCCC1(CCCCCC)c2cc(C)ccc2-c2ccc(C)cc21.CCCCCCCCC1(CCCCCCCC)c2cc(N(c3ccc(C)cc3)c3ccc(C)cc3)ccc2-c2ccc(N(c3ccc(C)cc3)c3ccc(C)cc3)cc21.Cc1cc(-c2ccc(-c3cc(C)c(C)s3)c3nsnc23)sc1C.Cc1ccc(C)c2nsnc12. The Bertz CT molecular complexity index is 6510. The maximum Gasteiger partial charge on any atom is 0.114 e. The second-order valence-electron chi connectivity index (χ2n) is 41.8. The molecule has 752 valence electrons. The lowest BCUT2D eigenvalue weighted by Crippen LogP contribution is -2.26. The number of thiophene rings is 2. The molecule has 0 aliphatic heterocycles. The first-order chi connectivity index (χ1) is 70.3. The molecule has 2 aliphatic carbocycles. The van der Waals surface area contributed by atoms with Crippen molar-refractivity contribution in [3.8, 4) is 43.1 Å². The number of hydrogen-bond donors (Lipinski definition) is 0. The fourth-order valence-electron chi connectivity index (χ4n) is 21.4. The number of hydrogen-bond acceptors (Lipinski definition) is 11. The molecule has 0 bridgehead atoms. The normalized spacial score (nSPS) is 12.5. The van der Waals surface area contributed by atoms with E-state index >= 15 is 0 Å². The molecule has 0 N–H and O–H groups in total. The van der Waals surface area contributed by atoms with Crippen molar-refractivity contribution >= 4 is 119 Å². The Morgan fingerprint density at radius 1 is 0.228 bits per heavy atom. The molecule has 0 radical (unpaired) electrons. The highest BCUT2D eigenvalue weighted by Crippen LogP contribution is 2.59. The molecule has 0 spiro atoms. The Hall–Kier alpha value is -11.7. The highest BCUT2D eigenvalue weighted by atomic mass is 32.1. The molecule has 19 rings (SSSR count). The minimum Gasteiger partial charge on any atom is -0.311 e. The van der Waals surface area contributed by atoms with Gasteiger partial charge in [-0.05, 0) is 329 Å². The number of anilines is 9. The molecule has 4 aromatic heterocycles. The van der Waals surface area contributed by atoms with Gasteiger partial charge in [-0.15, -0.1) is 22.7 Å². The first-order valence-corrected chi connectivity index (χ1v) is 57.4. The standard InChI is InChI=1S/C57H68N2.C27H38.C24H27N.C18H16N2S3.C8H8N2S/c1-7-9-11-13-15-17-39-57(40-18-16-14-12-10-8-2)55-41-51(58(47-27-19-43(3)20-28-47)48-29-21-44(4)22-30-48)35-37-53(55)54-38-36-52(42-56(54)57)59(49-31-23-45(5)24-32-49)50-33-25-46(6)26-34-50;1-5-7-9-11-17-27(18-12-10-8-6-2)25-19-21(3)13-15-23(25)24-16-14-22(4)20-26(24)27;1-5-20(4)21-10-16-24(17-11-21)25(22-12-6-18(2)7-13-22)23-14-8-19(3)9-15-23;1-9-7-15(21-11(9)3)13-5-6-14(18-17(13)19-23-20-18)16-8-10(2)12(4)22-16;1-5-3-4-6(2)8-7(5)9-11-10-8/h19-38,41-42H,7-18,39-40H2,1-6H3;13-16,19-20H,5-12,17-18H2,1-4H3;6-17,20H,5H2,1-4H3;5-8H,1-4H3;3-4H,1-2H3. The monoisotopic (exact) mass is 1990 g/mol. The van der Waals surface area contributed by atoms with Crippen molar-refractivity contribution in [2.24, 2.45) is 0 Å². The number of unbranched alkanes of at least 4 members (excludes halogenated alkanes) is 16. The number of nitrogens with zero attached hydrogens (tertiary/aromatic N) is 7. The predicted molar refractivity (Wildman–Crippen MR) is 636 cm³/mol. The van der Waals surface area contributed by atoms with Crippen molar-refractivity contribution in [2.75, 3.05) is 14.7 Å². The van der Waals surface area contributed by atoms with Crippen LogP contribution in [0.25, 0.3) is 65.2 Å². The smallest absolute Gasteiger partial charge is 0.114 e. The zero-order valence-electron chi connectivity index (χ0n) is 90.6. The van der Waals surface area contributed by atoms with Crippen LogP contribution in [0.2, 0.25) is 0 Å². The Morgan fingerprint density at radius 3 is 0.745 bits per heavy atom. The average Bonchev–Trinajstić information content (AvgIpc) is 1.55. The number of rotatable bonds is 37. The summed E-state index contributed by atoms with van der Waals surface area (Å²) >= 11 is 6.25. The van der Waals surface area contributed by atoms with E-state index in [2.05, 4.69) is 450 Å². The van der Waals surface area contributed by atoms with Crippen LogP contribution in [0.15, 0.2) is 279 Å². The molecule has 1 unspecified atom stereocenters. The van der Waals surface area contributed by atoms with Gasteiger partial charge >= 0.3 is 0 Å². The summed E-state index contributed by atoms with van der Waals surface area (Å²) in [6.07, 6.45) is 32.6. The van der Waals surface area contributed by atoms with Gasteiger partial charge in [-0.25, -0.2) is 0 Å². The molecule has 4 heterocycles. The van der Waals surface area contributed by atoms with Gasteiger partial charge in [-0.1, -0.05) is 372 Å². The van der Waals surface area contributed by atoms with E-state index < -0.39 is 0 Å². The van der Waals surface area contributed by atoms with Gasteiger partial charge in [0.15, 0.2) is 0 Å². The largest absolute Gasteiger partial charge is 0.311 e. The van der Waals surface area contributed by atoms with Crippen molar-refractivity contribution in [1.82, 2.24) is 17.5 Å². The van der Waals surface area contributed by atoms with Crippen LogP contribution in [0.4, 0.5) is 51.2 Å². The highest BCUT2D eigenvalue weighted by Gasteiger charge is 2.45. The van der Waals surface area contributed by atoms with Crippen molar-refractivity contribution in [2.45, 2.75) is 316 Å². The number of aromatic nitrogens is 4. The predicted octanol–water partition coefficient (Wildman–Crippen LogP) is 42.1. The van der Waals surface area contributed by atoms with Crippen LogP contribution in [0.3, 0.4) is 0 Å². The first kappa shape index (κ1) is 108. The number of fused-ring (bicyclic) bond motifs is 8. The number of benzene rings is 13. The third-order valence-electron chi connectivity index (χ3n) is 30.5. The van der Waals surface area contributed by atoms with Gasteiger partial charge in [0.05, 0.1) is 23.5 Å². The van der Waals surface area contributed by atoms with E-state index in [1.807, 2.05) is 22.7 Å². The summed E-state index contributed by atoms with van der Waals surface area (Å²) in [6, 6.07) is 105. The summed E-state index contributed by atoms with van der Waals surface area (Å²) in [6.45, 7) is 44.1. The van der Waals surface area contributed by atoms with Gasteiger partial charge in [0.2, 0.25) is 0 Å². The van der Waals surface area contributed by atoms with E-state index in [0.29, 0.717) is 5.92 Å². The van der Waals surface area contributed by atoms with E-state index in [1.165, 1.54) is 372 Å². The van der Waals surface area contributed by atoms with E-state index in [9.17, 15) is 0 Å². The topological polar surface area (TPSA) is 61.3 Å². The minimum atomic E-state index is -0.0787. The van der Waals surface area contributed by atoms with E-state index in [1.54, 1.807) is 11.1 Å². The van der Waals surface area contributed by atoms with Gasteiger partial charge in [-0.3, -0.25) is 0 Å². The Kier molecular flexibility index (Phi) is 37.9. The Labute approximate surface area is 886 Å². The minimum absolute atomic E-state index is 0.0787. The zero-order chi connectivity index (χ0) is 102. The summed E-state index contributed by atoms with van der Waals surface area (Å²) in [4.78, 5) is 12.6. The molecular weight excluding hydrogens is 1840 g/mol. The molecule has 0 saturated carbocycles. The van der Waals surface area contributed by atoms with Crippen molar-refractivity contribution < 1.29 is 0 Å². The summed E-state index contributed by atoms with van der Waals surface area (Å²) in [5.74, 6) is 0.598. The molecular formula is C134H157N7S4. The molecule has 13 aromatic carbocycles. The van der Waals surface area contributed by atoms with Crippen LogP contribution < -0.4 is 14.7 Å². The molecule has 7 nitrogen and oxygen atoms in total. The van der Waals surface area contributed by atoms with Crippen molar-refractivity contribution in [3.05, 3.63) is 383 Å². The average molecular weight is 1990 g/mol. The molecule has 17 aromatic rings. The van der Waals surface area contributed by atoms with Crippen molar-refractivity contribution in [3.63, 3.8) is 0 Å². The quantitative estimate of drug-likeness (QED) is 0.0360. The third-order valence-corrected chi connectivity index (χ3v) is 34.0. The molecule has 0 saturated heterocycles. The molecule has 11 heteroatoms. The molecule has 2 aliphatic rings. The fraction of sp³-hybridized carbons (Fsp3) is 0.358. The second kappa shape index (κ2) is 51.1. The van der Waals surface area contributed by atoms with Gasteiger partial charge in [0.1, 0.15) is 22.1 Å². The van der Waals surface area contributed by atoms with E-state index in [-0.39, 0.29) is 10.8 Å². The van der Waals surface area contributed by atoms with E-state index in [4.69, 9.17) is 0 Å². The maximum absolute atomic E-state index is 4.59. The summed E-state index contributed by atoms with van der Waals surface area (Å²) in [7, 11) is 0. The van der Waals surface area contributed by atoms with Gasteiger partial charge in [-0.2, -0.15) is 17.5 Å². The van der Waals surface area contributed by atoms with Gasteiger partial charge < -0.3 is 14.7 Å². The van der Waals surface area contributed by atoms with Gasteiger partial charge in [0, 0.05) is 92.7 Å². The Balaban J connectivity index is 0.000000152. The molecule has 0 amide bonds. The Morgan fingerprint density at radius 2 is 0.462 bits per heavy atom. The molecule has 145 heavy (non-hydrogen) atoms. The van der Waals surface area contributed by atoms with Crippen LogP contribution in [0.5, 0.6) is 0 Å².